The van der Waals surface area contributed by atoms with Gasteiger partial charge in [-0.25, -0.2) is 13.4 Å². The summed E-state index contributed by atoms with van der Waals surface area (Å²) in [5.41, 5.74) is 0. The van der Waals surface area contributed by atoms with Crippen molar-refractivity contribution in [3.63, 3.8) is 0 Å². The van der Waals surface area contributed by atoms with Crippen LogP contribution < -0.4 is 4.74 Å². The molecule has 1 aromatic heterocycles. The summed E-state index contributed by atoms with van der Waals surface area (Å²) in [4.78, 5) is 7.77. The first-order valence-electron chi connectivity index (χ1n) is 4.54. The molecule has 0 aliphatic heterocycles. The molecule has 88 valence electrons. The minimum absolute atomic E-state index is 0.0191. The fraction of sp³-hybridized carbons (Fsp3) is 0. The Balaban J connectivity index is 2.20. The second-order valence-electron chi connectivity index (χ2n) is 3.05. The molecular weight excluding hydrogens is 264 g/mol. The highest BCUT2D eigenvalue weighted by atomic mass is 35.7. The lowest BCUT2D eigenvalue weighted by Gasteiger charge is -2.03. The van der Waals surface area contributed by atoms with Crippen LogP contribution in [0.5, 0.6) is 11.6 Å². The first-order chi connectivity index (χ1) is 8.05. The summed E-state index contributed by atoms with van der Waals surface area (Å²) in [5.74, 6) is 0.781. The van der Waals surface area contributed by atoms with E-state index in [4.69, 9.17) is 15.4 Å². The Morgan fingerprint density at radius 2 is 1.82 bits per heavy atom. The van der Waals surface area contributed by atoms with E-state index in [1.54, 1.807) is 0 Å². The standard InChI is InChI=1S/C10H7ClN2O3S/c11-17(14,15)9-3-1-8(2-4-9)16-10-7-12-5-6-13-10/h1-7H. The molecule has 0 bridgehead atoms. The van der Waals surface area contributed by atoms with Crippen LogP contribution in [-0.4, -0.2) is 18.4 Å². The van der Waals surface area contributed by atoms with Crippen molar-refractivity contribution in [2.45, 2.75) is 4.90 Å². The maximum absolute atomic E-state index is 11.0. The van der Waals surface area contributed by atoms with Crippen molar-refractivity contribution in [2.75, 3.05) is 0 Å². The molecule has 1 aromatic carbocycles. The zero-order chi connectivity index (χ0) is 12.3. The highest BCUT2D eigenvalue weighted by Gasteiger charge is 2.09. The summed E-state index contributed by atoms with van der Waals surface area (Å²) in [7, 11) is 1.48. The van der Waals surface area contributed by atoms with Gasteiger partial charge in [-0.15, -0.1) is 0 Å². The molecule has 0 unspecified atom stereocenters. The van der Waals surface area contributed by atoms with Gasteiger partial charge in [0.25, 0.3) is 9.05 Å². The van der Waals surface area contributed by atoms with Gasteiger partial charge >= 0.3 is 0 Å². The van der Waals surface area contributed by atoms with Gasteiger partial charge in [-0.05, 0) is 24.3 Å². The fourth-order valence-electron chi connectivity index (χ4n) is 1.13. The molecule has 0 aliphatic rings. The van der Waals surface area contributed by atoms with Crippen molar-refractivity contribution in [3.05, 3.63) is 42.9 Å². The molecule has 0 radical (unpaired) electrons. The predicted molar refractivity (Wildman–Crippen MR) is 61.6 cm³/mol. The van der Waals surface area contributed by atoms with Crippen LogP contribution in [0.1, 0.15) is 0 Å². The summed E-state index contributed by atoms with van der Waals surface area (Å²) in [6.45, 7) is 0. The zero-order valence-corrected chi connectivity index (χ0v) is 10.0. The monoisotopic (exact) mass is 270 g/mol. The summed E-state index contributed by atoms with van der Waals surface area (Å²) >= 11 is 0. The molecule has 0 fully saturated rings. The molecule has 0 aliphatic carbocycles. The average molecular weight is 271 g/mol. The second kappa shape index (κ2) is 4.68. The van der Waals surface area contributed by atoms with E-state index in [2.05, 4.69) is 9.97 Å². The Bertz CT molecular complexity index is 599. The van der Waals surface area contributed by atoms with E-state index >= 15 is 0 Å². The molecule has 17 heavy (non-hydrogen) atoms. The maximum Gasteiger partial charge on any atom is 0.261 e. The molecule has 0 N–H and O–H groups in total. The first-order valence-corrected chi connectivity index (χ1v) is 6.85. The number of hydrogen-bond donors (Lipinski definition) is 0. The number of aromatic nitrogens is 2. The molecule has 2 aromatic rings. The van der Waals surface area contributed by atoms with Crippen LogP contribution in [0, 0.1) is 0 Å². The van der Waals surface area contributed by atoms with Gasteiger partial charge in [0.2, 0.25) is 5.88 Å². The van der Waals surface area contributed by atoms with E-state index in [0.717, 1.165) is 0 Å². The van der Waals surface area contributed by atoms with Gasteiger partial charge in [0.1, 0.15) is 5.75 Å². The SMILES string of the molecule is O=S(=O)(Cl)c1ccc(Oc2cnccn2)cc1. The van der Waals surface area contributed by atoms with Gasteiger partial charge in [0.15, 0.2) is 0 Å². The normalized spacial score (nSPS) is 11.1. The Labute approximate surface area is 102 Å². The molecule has 0 atom stereocenters. The van der Waals surface area contributed by atoms with Crippen molar-refractivity contribution >= 4 is 19.7 Å². The van der Waals surface area contributed by atoms with E-state index < -0.39 is 9.05 Å². The van der Waals surface area contributed by atoms with E-state index in [0.29, 0.717) is 11.6 Å². The lowest BCUT2D eigenvalue weighted by atomic mass is 10.3. The smallest absolute Gasteiger partial charge is 0.261 e. The minimum atomic E-state index is -3.70. The van der Waals surface area contributed by atoms with Crippen molar-refractivity contribution in [3.8, 4) is 11.6 Å². The summed E-state index contributed by atoms with van der Waals surface area (Å²) < 4.78 is 27.3. The molecule has 1 heterocycles. The van der Waals surface area contributed by atoms with Crippen molar-refractivity contribution in [2.24, 2.45) is 0 Å². The van der Waals surface area contributed by atoms with Gasteiger partial charge in [-0.3, -0.25) is 4.98 Å². The molecule has 2 rings (SSSR count). The van der Waals surface area contributed by atoms with Gasteiger partial charge in [-0.1, -0.05) is 0 Å². The van der Waals surface area contributed by atoms with Crippen molar-refractivity contribution < 1.29 is 13.2 Å². The van der Waals surface area contributed by atoms with E-state index in [-0.39, 0.29) is 4.90 Å². The first kappa shape index (κ1) is 11.8. The van der Waals surface area contributed by atoms with Gasteiger partial charge in [0, 0.05) is 23.1 Å². The number of rotatable bonds is 3. The third-order valence-corrected chi connectivity index (χ3v) is 3.24. The van der Waals surface area contributed by atoms with Crippen LogP contribution in [0.25, 0.3) is 0 Å². The van der Waals surface area contributed by atoms with Crippen LogP contribution >= 0.6 is 10.7 Å². The quantitative estimate of drug-likeness (QED) is 0.800. The van der Waals surface area contributed by atoms with Crippen LogP contribution in [0.15, 0.2) is 47.8 Å². The Kier molecular flexibility index (Phi) is 3.26. The summed E-state index contributed by atoms with van der Waals surface area (Å²) in [6.07, 6.45) is 4.47. The average Bonchev–Trinajstić information content (AvgIpc) is 2.30. The lowest BCUT2D eigenvalue weighted by Crippen LogP contribution is -1.91. The molecule has 0 saturated carbocycles. The van der Waals surface area contributed by atoms with Gasteiger partial charge < -0.3 is 4.74 Å². The molecule has 7 heteroatoms. The lowest BCUT2D eigenvalue weighted by molar-refractivity contribution is 0.459. The number of halogens is 1. The molecule has 5 nitrogen and oxygen atoms in total. The molecule has 0 amide bonds. The van der Waals surface area contributed by atoms with Crippen LogP contribution in [-0.2, 0) is 9.05 Å². The second-order valence-corrected chi connectivity index (χ2v) is 5.62. The molecule has 0 spiro atoms. The van der Waals surface area contributed by atoms with Gasteiger partial charge in [0.05, 0.1) is 11.1 Å². The number of nitrogens with zero attached hydrogens (tertiary/aromatic N) is 2. The van der Waals surface area contributed by atoms with E-state index in [1.165, 1.54) is 42.9 Å². The highest BCUT2D eigenvalue weighted by molar-refractivity contribution is 8.13. The van der Waals surface area contributed by atoms with Gasteiger partial charge in [-0.2, -0.15) is 0 Å². The Morgan fingerprint density at radius 3 is 2.35 bits per heavy atom. The number of benzene rings is 1. The Hall–Kier alpha value is -1.66. The molecular formula is C10H7ClN2O3S. The largest absolute Gasteiger partial charge is 0.438 e. The summed E-state index contributed by atoms with van der Waals surface area (Å²) in [5, 5.41) is 0. The van der Waals surface area contributed by atoms with E-state index in [1.807, 2.05) is 0 Å². The predicted octanol–water partition coefficient (Wildman–Crippen LogP) is 2.20. The van der Waals surface area contributed by atoms with Crippen LogP contribution in [0.2, 0.25) is 0 Å². The van der Waals surface area contributed by atoms with Crippen molar-refractivity contribution in [1.82, 2.24) is 9.97 Å². The number of ether oxygens (including phenoxy) is 1. The number of hydrogen-bond acceptors (Lipinski definition) is 5. The summed E-state index contributed by atoms with van der Waals surface area (Å²) in [6, 6.07) is 5.69. The minimum Gasteiger partial charge on any atom is -0.438 e. The zero-order valence-electron chi connectivity index (χ0n) is 8.45. The third kappa shape index (κ3) is 3.15. The fourth-order valence-corrected chi connectivity index (χ4v) is 1.90. The highest BCUT2D eigenvalue weighted by Crippen LogP contribution is 2.22. The van der Waals surface area contributed by atoms with E-state index in [9.17, 15) is 8.42 Å². The molecule has 0 saturated heterocycles. The van der Waals surface area contributed by atoms with Crippen LogP contribution in [0.4, 0.5) is 0 Å². The Morgan fingerprint density at radius 1 is 1.12 bits per heavy atom. The topological polar surface area (TPSA) is 69.2 Å². The maximum atomic E-state index is 11.0. The van der Waals surface area contributed by atoms with Crippen molar-refractivity contribution in [1.29, 1.82) is 0 Å². The third-order valence-electron chi connectivity index (χ3n) is 1.87. The van der Waals surface area contributed by atoms with Crippen LogP contribution in [0.3, 0.4) is 0 Å².